The van der Waals surface area contributed by atoms with Crippen molar-refractivity contribution in [3.05, 3.63) is 194 Å². The first kappa shape index (κ1) is 32.8. The Morgan fingerprint density at radius 1 is 0.561 bits per heavy atom. The van der Waals surface area contributed by atoms with Gasteiger partial charge < -0.3 is 8.98 Å². The average Bonchev–Trinajstić information content (AvgIpc) is 3.82. The molecular formula is C53H35N3O. The van der Waals surface area contributed by atoms with Crippen LogP contribution >= 0.6 is 0 Å². The van der Waals surface area contributed by atoms with Gasteiger partial charge in [-0.1, -0.05) is 152 Å². The molecule has 11 rings (SSSR count). The molecule has 0 atom stereocenters. The molecular weight excluding hydrogens is 695 g/mol. The van der Waals surface area contributed by atoms with Crippen molar-refractivity contribution < 1.29 is 4.42 Å². The summed E-state index contributed by atoms with van der Waals surface area (Å²) >= 11 is 0. The number of benzene rings is 8. The van der Waals surface area contributed by atoms with E-state index in [0.29, 0.717) is 11.4 Å². The van der Waals surface area contributed by atoms with E-state index in [1.54, 1.807) is 0 Å². The summed E-state index contributed by atoms with van der Waals surface area (Å²) in [6.07, 6.45) is 7.79. The van der Waals surface area contributed by atoms with Crippen LogP contribution in [0.1, 0.15) is 12.7 Å². The van der Waals surface area contributed by atoms with E-state index in [1.807, 2.05) is 49.4 Å². The minimum Gasteiger partial charge on any atom is -0.452 e. The standard InChI is InChI=1S/C53H35N3O/c1-3-5-17-33(4-2)53-54-50(34-18-7-6-8-19-34)52-51(55-53)45-30-35(28-29-49(45)57-52)42-31-43-38-22-11-9-20-36(38)37-21-10-12-23-39(37)44(43)32-48(42)56-46-26-15-13-24-40(46)41-25-14-16-27-47(41)56/h3-32H,2H2,1H3/b5-3-,33-17+. The zero-order chi connectivity index (χ0) is 38.0. The summed E-state index contributed by atoms with van der Waals surface area (Å²) in [5.41, 5.74) is 10.3. The molecule has 4 nitrogen and oxygen atoms in total. The topological polar surface area (TPSA) is 43.9 Å². The molecule has 0 saturated heterocycles. The van der Waals surface area contributed by atoms with Gasteiger partial charge in [0.15, 0.2) is 11.4 Å². The van der Waals surface area contributed by atoms with Gasteiger partial charge in [0.25, 0.3) is 0 Å². The van der Waals surface area contributed by atoms with E-state index in [2.05, 4.69) is 151 Å². The fourth-order valence-electron chi connectivity index (χ4n) is 8.70. The smallest absolute Gasteiger partial charge is 0.180 e. The zero-order valence-corrected chi connectivity index (χ0v) is 31.3. The van der Waals surface area contributed by atoms with E-state index in [1.165, 1.54) is 43.1 Å². The summed E-state index contributed by atoms with van der Waals surface area (Å²) in [5, 5.41) is 10.8. The monoisotopic (exact) mass is 729 g/mol. The number of allylic oxidation sites excluding steroid dienone is 5. The Kier molecular flexibility index (Phi) is 7.51. The van der Waals surface area contributed by atoms with Gasteiger partial charge >= 0.3 is 0 Å². The van der Waals surface area contributed by atoms with Crippen molar-refractivity contribution in [2.45, 2.75) is 6.92 Å². The molecule has 11 aromatic rings. The van der Waals surface area contributed by atoms with Crippen molar-refractivity contribution in [1.82, 2.24) is 14.5 Å². The highest BCUT2D eigenvalue weighted by Gasteiger charge is 2.22. The summed E-state index contributed by atoms with van der Waals surface area (Å²) in [6, 6.07) is 56.5. The quantitative estimate of drug-likeness (QED) is 0.126. The van der Waals surface area contributed by atoms with Gasteiger partial charge in [-0.05, 0) is 81.2 Å². The fourth-order valence-corrected chi connectivity index (χ4v) is 8.70. The maximum Gasteiger partial charge on any atom is 0.180 e. The lowest BCUT2D eigenvalue weighted by Gasteiger charge is -2.18. The van der Waals surface area contributed by atoms with E-state index in [0.717, 1.165) is 61.2 Å². The molecule has 0 unspecified atom stereocenters. The Labute approximate surface area is 329 Å². The Morgan fingerprint density at radius 2 is 1.14 bits per heavy atom. The Morgan fingerprint density at radius 3 is 1.77 bits per heavy atom. The van der Waals surface area contributed by atoms with E-state index < -0.39 is 0 Å². The highest BCUT2D eigenvalue weighted by Crippen LogP contribution is 2.44. The summed E-state index contributed by atoms with van der Waals surface area (Å²) in [7, 11) is 0. The second-order valence-corrected chi connectivity index (χ2v) is 14.5. The Bertz CT molecular complexity index is 3440. The van der Waals surface area contributed by atoms with Crippen LogP contribution in [0.2, 0.25) is 0 Å². The number of para-hydroxylation sites is 2. The Hall–Kier alpha value is -7.56. The first-order valence-electron chi connectivity index (χ1n) is 19.3. The van der Waals surface area contributed by atoms with E-state index in [-0.39, 0.29) is 0 Å². The molecule has 57 heavy (non-hydrogen) atoms. The first-order chi connectivity index (χ1) is 28.2. The molecule has 4 heteroatoms. The normalized spacial score (nSPS) is 12.4. The van der Waals surface area contributed by atoms with Crippen LogP contribution in [0.3, 0.4) is 0 Å². The number of nitrogens with zero attached hydrogens (tertiary/aromatic N) is 3. The zero-order valence-electron chi connectivity index (χ0n) is 31.3. The minimum absolute atomic E-state index is 0.595. The number of hydrogen-bond donors (Lipinski definition) is 0. The van der Waals surface area contributed by atoms with E-state index >= 15 is 0 Å². The SMILES string of the molecule is C=C/C(=C\C=C/C)c1nc(-c2ccccc2)c2oc3ccc(-c4cc5c6ccccc6c6ccccc6c5cc4-n4c5ccccc5c5ccccc54)cc3c2n1. The third kappa shape index (κ3) is 5.08. The van der Waals surface area contributed by atoms with Crippen molar-refractivity contribution in [3.8, 4) is 28.1 Å². The van der Waals surface area contributed by atoms with Crippen molar-refractivity contribution in [2.75, 3.05) is 0 Å². The second-order valence-electron chi connectivity index (χ2n) is 14.5. The van der Waals surface area contributed by atoms with Gasteiger partial charge in [0.05, 0.1) is 16.7 Å². The average molecular weight is 730 g/mol. The molecule has 3 aromatic heterocycles. The van der Waals surface area contributed by atoms with Crippen molar-refractivity contribution in [2.24, 2.45) is 0 Å². The lowest BCUT2D eigenvalue weighted by molar-refractivity contribution is 0.667. The third-order valence-electron chi connectivity index (χ3n) is 11.3. The number of fused-ring (bicyclic) bond motifs is 12. The van der Waals surface area contributed by atoms with Crippen LogP contribution in [-0.4, -0.2) is 14.5 Å². The molecule has 3 heterocycles. The molecule has 0 spiro atoms. The maximum atomic E-state index is 6.68. The molecule has 268 valence electrons. The predicted octanol–water partition coefficient (Wildman–Crippen LogP) is 14.4. The molecule has 0 N–H and O–H groups in total. The lowest BCUT2D eigenvalue weighted by atomic mass is 9.90. The van der Waals surface area contributed by atoms with Crippen molar-refractivity contribution in [3.63, 3.8) is 0 Å². The molecule has 0 aliphatic heterocycles. The van der Waals surface area contributed by atoms with Crippen LogP contribution in [0.15, 0.2) is 193 Å². The highest BCUT2D eigenvalue weighted by molar-refractivity contribution is 6.26. The first-order valence-corrected chi connectivity index (χ1v) is 19.3. The molecule has 0 aliphatic carbocycles. The predicted molar refractivity (Wildman–Crippen MR) is 240 cm³/mol. The molecule has 8 aromatic carbocycles. The van der Waals surface area contributed by atoms with Gasteiger partial charge in [-0.2, -0.15) is 0 Å². The van der Waals surface area contributed by atoms with Gasteiger partial charge in [0, 0.05) is 32.9 Å². The number of aromatic nitrogens is 3. The molecule has 0 aliphatic rings. The van der Waals surface area contributed by atoms with Crippen LogP contribution in [0.5, 0.6) is 0 Å². The van der Waals surface area contributed by atoms with Gasteiger partial charge in [0.1, 0.15) is 16.8 Å². The summed E-state index contributed by atoms with van der Waals surface area (Å²) < 4.78 is 9.12. The van der Waals surface area contributed by atoms with Crippen LogP contribution < -0.4 is 0 Å². The third-order valence-corrected chi connectivity index (χ3v) is 11.3. The van der Waals surface area contributed by atoms with E-state index in [4.69, 9.17) is 14.4 Å². The van der Waals surface area contributed by atoms with Crippen molar-refractivity contribution in [1.29, 1.82) is 0 Å². The number of rotatable bonds is 6. The minimum atomic E-state index is 0.595. The van der Waals surface area contributed by atoms with Crippen molar-refractivity contribution >= 4 is 81.8 Å². The van der Waals surface area contributed by atoms with Gasteiger partial charge in [-0.3, -0.25) is 0 Å². The van der Waals surface area contributed by atoms with Crippen LogP contribution in [0, 0.1) is 0 Å². The van der Waals surface area contributed by atoms with Crippen LogP contribution in [0.25, 0.3) is 110 Å². The van der Waals surface area contributed by atoms with Crippen LogP contribution in [0.4, 0.5) is 0 Å². The second kappa shape index (κ2) is 13.0. The summed E-state index contributed by atoms with van der Waals surface area (Å²) in [5.74, 6) is 0.595. The summed E-state index contributed by atoms with van der Waals surface area (Å²) in [4.78, 5) is 10.3. The van der Waals surface area contributed by atoms with E-state index in [9.17, 15) is 0 Å². The highest BCUT2D eigenvalue weighted by atomic mass is 16.3. The molecule has 0 amide bonds. The Balaban J connectivity index is 1.27. The largest absolute Gasteiger partial charge is 0.452 e. The fraction of sp³-hybridized carbons (Fsp3) is 0.0189. The van der Waals surface area contributed by atoms with Gasteiger partial charge in [0.2, 0.25) is 0 Å². The molecule has 0 fully saturated rings. The van der Waals surface area contributed by atoms with Crippen LogP contribution in [-0.2, 0) is 0 Å². The molecule has 0 bridgehead atoms. The molecule has 0 saturated carbocycles. The maximum absolute atomic E-state index is 6.68. The lowest BCUT2D eigenvalue weighted by Crippen LogP contribution is -1.98. The van der Waals surface area contributed by atoms with Gasteiger partial charge in [-0.15, -0.1) is 0 Å². The number of hydrogen-bond acceptors (Lipinski definition) is 3. The summed E-state index contributed by atoms with van der Waals surface area (Å²) in [6.45, 7) is 6.10. The van der Waals surface area contributed by atoms with Gasteiger partial charge in [-0.25, -0.2) is 9.97 Å². The number of furan rings is 1. The molecule has 0 radical (unpaired) electrons.